The second-order valence-electron chi connectivity index (χ2n) is 1.02. The molecule has 0 radical (unpaired) electrons. The molecular formula is C2H8BaFO3P. The number of hydrogen-bond donors (Lipinski definition) is 1. The molecule has 48 valence electrons. The van der Waals surface area contributed by atoms with Gasteiger partial charge in [0, 0.05) is 6.16 Å². The van der Waals surface area contributed by atoms with Crippen LogP contribution in [0, 0.1) is 0 Å². The molecule has 0 aliphatic rings. The van der Waals surface area contributed by atoms with Crippen LogP contribution in [0.5, 0.6) is 0 Å². The standard InChI is InChI=1S/C2H6FO3P.Ba.2H/c1-2-7(4,5)6-3;;;/h2H2,1H3,(H,4,5);;;. The molecule has 1 N–H and O–H groups in total. The molecule has 0 saturated heterocycles. The van der Waals surface area contributed by atoms with E-state index in [1.54, 1.807) is 0 Å². The Kier molecular flexibility index (Phi) is 8.39. The molecule has 0 rings (SSSR count). The first kappa shape index (κ1) is 12.3. The van der Waals surface area contributed by atoms with Crippen LogP contribution in [0.4, 0.5) is 4.53 Å². The maximum atomic E-state index is 10.8. The van der Waals surface area contributed by atoms with Gasteiger partial charge in [0.1, 0.15) is 0 Å². The van der Waals surface area contributed by atoms with E-state index in [0.717, 1.165) is 0 Å². The van der Waals surface area contributed by atoms with Crippen LogP contribution in [0.25, 0.3) is 0 Å². The summed E-state index contributed by atoms with van der Waals surface area (Å²) in [7, 11) is -3.82. The van der Waals surface area contributed by atoms with Crippen molar-refractivity contribution in [3.8, 4) is 0 Å². The Morgan fingerprint density at radius 1 is 1.88 bits per heavy atom. The third-order valence-corrected chi connectivity index (χ3v) is 1.52. The Morgan fingerprint density at radius 3 is 2.25 bits per heavy atom. The monoisotopic (exact) mass is 268 g/mol. The van der Waals surface area contributed by atoms with E-state index in [9.17, 15) is 9.09 Å². The molecule has 1 atom stereocenters. The van der Waals surface area contributed by atoms with E-state index in [0.29, 0.717) is 0 Å². The van der Waals surface area contributed by atoms with Gasteiger partial charge in [0.25, 0.3) is 0 Å². The van der Waals surface area contributed by atoms with Gasteiger partial charge in [0.05, 0.1) is 0 Å². The molecule has 0 fully saturated rings. The first-order chi connectivity index (χ1) is 3.12. The SMILES string of the molecule is CCP(=O)(O)OF.[BaH2]. The average Bonchev–Trinajstić information content (AvgIpc) is 1.68. The van der Waals surface area contributed by atoms with Gasteiger partial charge in [-0.1, -0.05) is 6.92 Å². The van der Waals surface area contributed by atoms with Crippen molar-refractivity contribution in [3.63, 3.8) is 0 Å². The van der Waals surface area contributed by atoms with Gasteiger partial charge in [-0.2, -0.15) is 0 Å². The summed E-state index contributed by atoms with van der Waals surface area (Å²) < 4.78 is 23.4. The Labute approximate surface area is 87.1 Å². The van der Waals surface area contributed by atoms with Crippen molar-refractivity contribution in [2.45, 2.75) is 6.92 Å². The van der Waals surface area contributed by atoms with Crippen LogP contribution in [0.2, 0.25) is 0 Å². The Morgan fingerprint density at radius 2 is 2.25 bits per heavy atom. The molecule has 6 heteroatoms. The van der Waals surface area contributed by atoms with Crippen molar-refractivity contribution in [2.24, 2.45) is 0 Å². The van der Waals surface area contributed by atoms with E-state index in [1.165, 1.54) is 6.92 Å². The molecule has 0 heterocycles. The summed E-state index contributed by atoms with van der Waals surface area (Å²) in [6.45, 7) is 1.36. The minimum atomic E-state index is -3.82. The Balaban J connectivity index is 0. The molecule has 0 bridgehead atoms. The summed E-state index contributed by atoms with van der Waals surface area (Å²) >= 11 is 0. The van der Waals surface area contributed by atoms with Gasteiger partial charge in [-0.25, -0.2) is 0 Å². The van der Waals surface area contributed by atoms with Gasteiger partial charge in [0.15, 0.2) is 0 Å². The quantitative estimate of drug-likeness (QED) is 0.573. The van der Waals surface area contributed by atoms with E-state index in [4.69, 9.17) is 4.89 Å². The zero-order valence-electron chi connectivity index (χ0n) is 3.80. The maximum absolute atomic E-state index is 10.8. The normalized spacial score (nSPS) is 16.4. The first-order valence-corrected chi connectivity index (χ1v) is 3.51. The summed E-state index contributed by atoms with van der Waals surface area (Å²) in [6.07, 6.45) is -0.191. The van der Waals surface area contributed by atoms with Crippen LogP contribution in [-0.2, 0) is 9.29 Å². The second-order valence-corrected chi connectivity index (χ2v) is 3.07. The van der Waals surface area contributed by atoms with Crippen LogP contribution in [-0.4, -0.2) is 59.9 Å². The van der Waals surface area contributed by atoms with Crippen LogP contribution in [0.3, 0.4) is 0 Å². The zero-order valence-corrected chi connectivity index (χ0v) is 4.69. The van der Waals surface area contributed by atoms with E-state index in [2.05, 4.69) is 4.73 Å². The molecule has 0 aromatic heterocycles. The molecule has 0 aromatic rings. The number of hydrogen-bond acceptors (Lipinski definition) is 2. The summed E-state index contributed by atoms with van der Waals surface area (Å²) in [4.78, 5) is 8.09. The minimum absolute atomic E-state index is 0. The third kappa shape index (κ3) is 5.78. The summed E-state index contributed by atoms with van der Waals surface area (Å²) in [5.41, 5.74) is 0. The molecule has 0 aliphatic heterocycles. The molecule has 0 spiro atoms. The van der Waals surface area contributed by atoms with Crippen molar-refractivity contribution in [3.05, 3.63) is 0 Å². The van der Waals surface area contributed by atoms with E-state index < -0.39 is 7.60 Å². The van der Waals surface area contributed by atoms with Crippen LogP contribution < -0.4 is 0 Å². The molecule has 0 aromatic carbocycles. The molecular weight excluding hydrogens is 259 g/mol. The zero-order chi connectivity index (χ0) is 5.91. The fraction of sp³-hybridized carbons (Fsp3) is 1.00. The molecule has 8 heavy (non-hydrogen) atoms. The van der Waals surface area contributed by atoms with Crippen molar-refractivity contribution in [1.82, 2.24) is 0 Å². The van der Waals surface area contributed by atoms with Crippen molar-refractivity contribution < 1.29 is 18.7 Å². The number of rotatable bonds is 2. The summed E-state index contributed by atoms with van der Waals surface area (Å²) in [5.74, 6) is 0. The molecule has 1 unspecified atom stereocenters. The van der Waals surface area contributed by atoms with Gasteiger partial charge in [-0.15, -0.1) is 4.73 Å². The molecule has 0 aliphatic carbocycles. The van der Waals surface area contributed by atoms with Gasteiger partial charge in [-0.05, 0) is 4.53 Å². The van der Waals surface area contributed by atoms with Gasteiger partial charge in [-0.3, -0.25) is 4.57 Å². The van der Waals surface area contributed by atoms with Crippen molar-refractivity contribution in [2.75, 3.05) is 6.16 Å². The molecule has 0 saturated carbocycles. The van der Waals surface area contributed by atoms with Gasteiger partial charge in [0.2, 0.25) is 0 Å². The predicted molar refractivity (Wildman–Crippen MR) is 31.1 cm³/mol. The summed E-state index contributed by atoms with van der Waals surface area (Å²) in [5, 5.41) is 0. The molecule has 3 nitrogen and oxygen atoms in total. The number of halogens is 1. The van der Waals surface area contributed by atoms with E-state index in [-0.39, 0.29) is 55.0 Å². The van der Waals surface area contributed by atoms with Gasteiger partial charge < -0.3 is 4.89 Å². The fourth-order valence-electron chi connectivity index (χ4n) is 0.0488. The third-order valence-electron chi connectivity index (χ3n) is 0.507. The van der Waals surface area contributed by atoms with Crippen molar-refractivity contribution in [1.29, 1.82) is 0 Å². The van der Waals surface area contributed by atoms with Crippen LogP contribution in [0.1, 0.15) is 6.92 Å². The summed E-state index contributed by atoms with van der Waals surface area (Å²) in [6, 6.07) is 0. The fourth-order valence-corrected chi connectivity index (χ4v) is 0.146. The van der Waals surface area contributed by atoms with Gasteiger partial charge >= 0.3 is 56.5 Å². The van der Waals surface area contributed by atoms with E-state index in [1.807, 2.05) is 0 Å². The van der Waals surface area contributed by atoms with E-state index >= 15 is 0 Å². The van der Waals surface area contributed by atoms with Crippen LogP contribution in [0.15, 0.2) is 0 Å². The Hall–Kier alpha value is 1.65. The topological polar surface area (TPSA) is 46.5 Å². The average molecular weight is 267 g/mol. The second kappa shape index (κ2) is 5.44. The van der Waals surface area contributed by atoms with Crippen molar-refractivity contribution >= 4 is 56.5 Å². The first-order valence-electron chi connectivity index (χ1n) is 1.74. The van der Waals surface area contributed by atoms with Crippen LogP contribution >= 0.6 is 7.60 Å². The Bertz CT molecular complexity index is 89.3. The molecule has 0 amide bonds. The predicted octanol–water partition coefficient (Wildman–Crippen LogP) is 0.177.